The number of hydrogen-bond acceptors (Lipinski definition) is 3. The maximum Gasteiger partial charge on any atom is 0.271 e. The van der Waals surface area contributed by atoms with E-state index in [9.17, 15) is 4.79 Å². The molecule has 0 aliphatic carbocycles. The van der Waals surface area contributed by atoms with E-state index >= 15 is 0 Å². The molecule has 1 aromatic carbocycles. The number of likely N-dealkylation sites (N-methyl/N-ethyl adjacent to an activating group) is 1. The SMILES string of the molecule is CNC1CCCN(C(=O)c2cc(-c3ccc(C)cc3)n[nH]2)C1. The average Bonchev–Trinajstić information content (AvgIpc) is 3.05. The van der Waals surface area contributed by atoms with Crippen LogP contribution in [-0.4, -0.2) is 47.2 Å². The Hall–Kier alpha value is -2.14. The Morgan fingerprint density at radius 1 is 1.36 bits per heavy atom. The van der Waals surface area contributed by atoms with Gasteiger partial charge in [-0.15, -0.1) is 0 Å². The molecule has 22 heavy (non-hydrogen) atoms. The minimum absolute atomic E-state index is 0.0332. The molecule has 2 N–H and O–H groups in total. The first-order valence-corrected chi connectivity index (χ1v) is 7.76. The molecule has 0 radical (unpaired) electrons. The van der Waals surface area contributed by atoms with Crippen LogP contribution in [0.15, 0.2) is 30.3 Å². The van der Waals surface area contributed by atoms with Gasteiger partial charge in [-0.25, -0.2) is 0 Å². The summed E-state index contributed by atoms with van der Waals surface area (Å²) in [6.07, 6.45) is 2.16. The highest BCUT2D eigenvalue weighted by Gasteiger charge is 2.24. The first-order chi connectivity index (χ1) is 10.7. The van der Waals surface area contributed by atoms with Crippen molar-refractivity contribution in [2.75, 3.05) is 20.1 Å². The normalized spacial score (nSPS) is 18.5. The molecule has 3 rings (SSSR count). The molecule has 1 aromatic heterocycles. The van der Waals surface area contributed by atoms with Crippen LogP contribution in [0.2, 0.25) is 0 Å². The van der Waals surface area contributed by atoms with Gasteiger partial charge in [-0.1, -0.05) is 29.8 Å². The predicted molar refractivity (Wildman–Crippen MR) is 86.7 cm³/mol. The summed E-state index contributed by atoms with van der Waals surface area (Å²) in [4.78, 5) is 14.5. The number of aromatic nitrogens is 2. The van der Waals surface area contributed by atoms with Gasteiger partial charge in [0.25, 0.3) is 5.91 Å². The molecule has 1 fully saturated rings. The fraction of sp³-hybridized carbons (Fsp3) is 0.412. The minimum Gasteiger partial charge on any atom is -0.336 e. The zero-order valence-corrected chi connectivity index (χ0v) is 13.1. The number of rotatable bonds is 3. The molecule has 1 unspecified atom stereocenters. The van der Waals surface area contributed by atoms with E-state index in [2.05, 4.69) is 22.4 Å². The number of carbonyl (C=O) groups excluding carboxylic acids is 1. The monoisotopic (exact) mass is 298 g/mol. The van der Waals surface area contributed by atoms with Gasteiger partial charge in [0.1, 0.15) is 5.69 Å². The van der Waals surface area contributed by atoms with Crippen LogP contribution in [0.1, 0.15) is 28.9 Å². The Morgan fingerprint density at radius 3 is 2.86 bits per heavy atom. The van der Waals surface area contributed by atoms with Gasteiger partial charge >= 0.3 is 0 Å². The Kier molecular flexibility index (Phi) is 4.24. The highest BCUT2D eigenvalue weighted by Crippen LogP contribution is 2.20. The number of piperidine rings is 1. The van der Waals surface area contributed by atoms with Crippen LogP contribution in [0.5, 0.6) is 0 Å². The van der Waals surface area contributed by atoms with Gasteiger partial charge in [0, 0.05) is 24.7 Å². The fourth-order valence-corrected chi connectivity index (χ4v) is 2.87. The molecule has 0 saturated carbocycles. The summed E-state index contributed by atoms with van der Waals surface area (Å²) in [5, 5.41) is 10.4. The van der Waals surface area contributed by atoms with Gasteiger partial charge in [-0.05, 0) is 32.9 Å². The van der Waals surface area contributed by atoms with Crippen molar-refractivity contribution in [1.29, 1.82) is 0 Å². The standard InChI is InChI=1S/C17H22N4O/c1-12-5-7-13(8-6-12)15-10-16(20-19-15)17(22)21-9-3-4-14(11-21)18-2/h5-8,10,14,18H,3-4,9,11H2,1-2H3,(H,19,20). The second-order valence-corrected chi connectivity index (χ2v) is 5.91. The molecule has 2 aromatic rings. The summed E-state index contributed by atoms with van der Waals surface area (Å²) >= 11 is 0. The van der Waals surface area contributed by atoms with E-state index < -0.39 is 0 Å². The number of H-pyrrole nitrogens is 1. The molecule has 5 heteroatoms. The number of nitrogens with zero attached hydrogens (tertiary/aromatic N) is 2. The topological polar surface area (TPSA) is 61.0 Å². The Bertz CT molecular complexity index is 647. The number of likely N-dealkylation sites (tertiary alicyclic amines) is 1. The summed E-state index contributed by atoms with van der Waals surface area (Å²) in [5.74, 6) is 0.0332. The number of benzene rings is 1. The summed E-state index contributed by atoms with van der Waals surface area (Å²) in [6.45, 7) is 3.63. The molecule has 5 nitrogen and oxygen atoms in total. The van der Waals surface area contributed by atoms with Gasteiger partial charge in [0.05, 0.1) is 5.69 Å². The number of carbonyl (C=O) groups is 1. The molecule has 0 spiro atoms. The van der Waals surface area contributed by atoms with Crippen molar-refractivity contribution in [2.45, 2.75) is 25.8 Å². The Morgan fingerprint density at radius 2 is 2.14 bits per heavy atom. The van der Waals surface area contributed by atoms with E-state index in [1.165, 1.54) is 5.56 Å². The smallest absolute Gasteiger partial charge is 0.271 e. The molecule has 0 bridgehead atoms. The maximum atomic E-state index is 12.6. The first kappa shape index (κ1) is 14.8. The lowest BCUT2D eigenvalue weighted by Gasteiger charge is -2.32. The summed E-state index contributed by atoms with van der Waals surface area (Å²) < 4.78 is 0. The third kappa shape index (κ3) is 3.04. The number of aromatic amines is 1. The summed E-state index contributed by atoms with van der Waals surface area (Å²) in [5.41, 5.74) is 3.60. The van der Waals surface area contributed by atoms with Crippen molar-refractivity contribution in [3.05, 3.63) is 41.6 Å². The van der Waals surface area contributed by atoms with Crippen LogP contribution in [-0.2, 0) is 0 Å². The average molecular weight is 298 g/mol. The molecule has 116 valence electrons. The number of hydrogen-bond donors (Lipinski definition) is 2. The van der Waals surface area contributed by atoms with Crippen molar-refractivity contribution >= 4 is 5.91 Å². The van der Waals surface area contributed by atoms with E-state index in [-0.39, 0.29) is 5.91 Å². The van der Waals surface area contributed by atoms with Gasteiger partial charge < -0.3 is 10.2 Å². The lowest BCUT2D eigenvalue weighted by Crippen LogP contribution is -2.47. The largest absolute Gasteiger partial charge is 0.336 e. The van der Waals surface area contributed by atoms with Crippen molar-refractivity contribution in [1.82, 2.24) is 20.4 Å². The lowest BCUT2D eigenvalue weighted by atomic mass is 10.1. The minimum atomic E-state index is 0.0332. The van der Waals surface area contributed by atoms with E-state index in [4.69, 9.17) is 0 Å². The van der Waals surface area contributed by atoms with E-state index in [1.54, 1.807) is 0 Å². The Labute approximate surface area is 130 Å². The zero-order chi connectivity index (χ0) is 15.5. The predicted octanol–water partition coefficient (Wildman–Crippen LogP) is 2.21. The molecule has 1 aliphatic heterocycles. The molecule has 1 amide bonds. The number of aryl methyl sites for hydroxylation is 1. The van der Waals surface area contributed by atoms with Crippen LogP contribution in [0, 0.1) is 6.92 Å². The van der Waals surface area contributed by atoms with E-state index in [0.717, 1.165) is 37.2 Å². The fourth-order valence-electron chi connectivity index (χ4n) is 2.87. The molecule has 1 aliphatic rings. The number of amides is 1. The van der Waals surface area contributed by atoms with E-state index in [0.29, 0.717) is 11.7 Å². The third-order valence-electron chi connectivity index (χ3n) is 4.27. The Balaban J connectivity index is 1.75. The lowest BCUT2D eigenvalue weighted by molar-refractivity contribution is 0.0692. The van der Waals surface area contributed by atoms with E-state index in [1.807, 2.05) is 42.3 Å². The first-order valence-electron chi connectivity index (χ1n) is 7.76. The van der Waals surface area contributed by atoms with Crippen LogP contribution in [0.4, 0.5) is 0 Å². The number of nitrogens with one attached hydrogen (secondary N) is 2. The molecule has 2 heterocycles. The highest BCUT2D eigenvalue weighted by atomic mass is 16.2. The molecular weight excluding hydrogens is 276 g/mol. The van der Waals surface area contributed by atoms with Gasteiger partial charge in [-0.3, -0.25) is 9.89 Å². The second kappa shape index (κ2) is 6.32. The third-order valence-corrected chi connectivity index (χ3v) is 4.27. The summed E-state index contributed by atoms with van der Waals surface area (Å²) in [7, 11) is 1.95. The van der Waals surface area contributed by atoms with Crippen molar-refractivity contribution < 1.29 is 4.79 Å². The van der Waals surface area contributed by atoms with Gasteiger partial charge in [0.2, 0.25) is 0 Å². The molecular formula is C17H22N4O. The zero-order valence-electron chi connectivity index (χ0n) is 13.1. The van der Waals surface area contributed by atoms with Crippen molar-refractivity contribution in [3.8, 4) is 11.3 Å². The van der Waals surface area contributed by atoms with Gasteiger partial charge in [-0.2, -0.15) is 5.10 Å². The quantitative estimate of drug-likeness (QED) is 0.913. The van der Waals surface area contributed by atoms with Crippen LogP contribution < -0.4 is 5.32 Å². The van der Waals surface area contributed by atoms with Crippen molar-refractivity contribution in [3.63, 3.8) is 0 Å². The molecule has 1 saturated heterocycles. The maximum absolute atomic E-state index is 12.6. The van der Waals surface area contributed by atoms with Crippen molar-refractivity contribution in [2.24, 2.45) is 0 Å². The summed E-state index contributed by atoms with van der Waals surface area (Å²) in [6, 6.07) is 10.4. The van der Waals surface area contributed by atoms with Crippen LogP contribution in [0.25, 0.3) is 11.3 Å². The van der Waals surface area contributed by atoms with Gasteiger partial charge in [0.15, 0.2) is 0 Å². The molecule has 1 atom stereocenters. The van der Waals surface area contributed by atoms with Crippen LogP contribution in [0.3, 0.4) is 0 Å². The second-order valence-electron chi connectivity index (χ2n) is 5.91. The van der Waals surface area contributed by atoms with Crippen LogP contribution >= 0.6 is 0 Å². The highest BCUT2D eigenvalue weighted by molar-refractivity contribution is 5.93.